The first-order valence-corrected chi connectivity index (χ1v) is 3.35. The van der Waals surface area contributed by atoms with Crippen LogP contribution in [0.2, 0.25) is 0 Å². The van der Waals surface area contributed by atoms with Gasteiger partial charge in [-0.3, -0.25) is 0 Å². The smallest absolute Gasteiger partial charge is 0.0147 e. The topological polar surface area (TPSA) is 0 Å². The lowest BCUT2D eigenvalue weighted by atomic mass is 12.0. The maximum absolute atomic E-state index is 2.50. The van der Waals surface area contributed by atoms with Crippen molar-refractivity contribution in [1.29, 1.82) is 0 Å². The molecule has 4 heavy (non-hydrogen) atoms. The molecule has 0 amide bonds. The van der Waals surface area contributed by atoms with Gasteiger partial charge < -0.3 is 0 Å². The number of hydrogen-bond acceptors (Lipinski definition) is 1. The number of hydrogen-bond donors (Lipinski definition) is 0. The lowest BCUT2D eigenvalue weighted by molar-refractivity contribution is 2.50. The molecule has 28 valence electrons. The lowest BCUT2D eigenvalue weighted by Gasteiger charge is -1.51. The Hall–Kier alpha value is 0.780. The molecule has 0 saturated carbocycles. The average Bonchev–Trinajstić information content (AvgIpc) is 0.918. The zero-order valence-corrected chi connectivity index (χ0v) is 3.96. The van der Waals surface area contributed by atoms with Gasteiger partial charge in [0.05, 0.1) is 0 Å². The molecule has 0 nitrogen and oxygen atoms in total. The van der Waals surface area contributed by atoms with Gasteiger partial charge in [0.25, 0.3) is 0 Å². The predicted molar refractivity (Wildman–Crippen MR) is 30.0 cm³/mol. The molecule has 1 atom stereocenters. The van der Waals surface area contributed by atoms with Crippen molar-refractivity contribution in [3.63, 3.8) is 0 Å². The highest BCUT2D eigenvalue weighted by atomic mass is 32.7. The van der Waals surface area contributed by atoms with E-state index in [1.165, 1.54) is 0 Å². The van der Waals surface area contributed by atoms with Crippen LogP contribution in [-0.4, -0.2) is 6.26 Å². The molecule has 0 rings (SSSR count). The van der Waals surface area contributed by atoms with E-state index < -0.39 is 0 Å². The molecule has 0 aromatic heterocycles. The molecule has 0 radical (unpaired) electrons. The molecule has 1 unspecified atom stereocenters. The normalized spacial score (nSPS) is 4.50. The van der Waals surface area contributed by atoms with E-state index in [0.717, 1.165) is 0 Å². The van der Waals surface area contributed by atoms with Gasteiger partial charge in [-0.1, -0.05) is 15.9 Å². The van der Waals surface area contributed by atoms with Gasteiger partial charge in [-0.15, -0.1) is 11.4 Å². The zero-order valence-electron chi connectivity index (χ0n) is 1.99. The van der Waals surface area contributed by atoms with E-state index in [4.69, 9.17) is 0 Å². The van der Waals surface area contributed by atoms with Crippen LogP contribution >= 0.6 is 19.8 Å². The fourth-order valence-corrected chi connectivity index (χ4v) is 0. The molecule has 0 aromatic carbocycles. The van der Waals surface area contributed by atoms with E-state index in [2.05, 4.69) is 8.44 Å². The van der Waals surface area contributed by atoms with Crippen molar-refractivity contribution in [2.45, 2.75) is 7.43 Å². The second-order valence-electron chi connectivity index (χ2n) is 0.236. The molecule has 0 N–H and O–H groups in total. The highest BCUT2D eigenvalue weighted by molar-refractivity contribution is 8.43. The van der Waals surface area contributed by atoms with Gasteiger partial charge in [-0.2, -0.15) is 0 Å². The fourth-order valence-electron chi connectivity index (χ4n) is 0. The monoisotopic (exact) mass is 96.0 g/mol. The van der Waals surface area contributed by atoms with Crippen molar-refractivity contribution in [3.8, 4) is 0 Å². The summed E-state index contributed by atoms with van der Waals surface area (Å²) in [6, 6.07) is 0. The third-order valence-corrected chi connectivity index (χ3v) is 0. The average molecular weight is 96.1 g/mol. The molecular weight excluding hydrogens is 87.1 g/mol. The minimum Gasteiger partial charge on any atom is -0.144 e. The molecular formula is C2H9PS. The summed E-state index contributed by atoms with van der Waals surface area (Å²) in [5, 5.41) is 0. The SMILES string of the molecule is C.CSP. The van der Waals surface area contributed by atoms with Crippen molar-refractivity contribution in [2.24, 2.45) is 0 Å². The first-order chi connectivity index (χ1) is 1.41. The van der Waals surface area contributed by atoms with E-state index in [0.29, 0.717) is 0 Å². The van der Waals surface area contributed by atoms with Crippen LogP contribution in [-0.2, 0) is 0 Å². The predicted octanol–water partition coefficient (Wildman–Crippen LogP) is 1.78. The second-order valence-corrected chi connectivity index (χ2v) is 2.12. The quantitative estimate of drug-likeness (QED) is 0.414. The van der Waals surface area contributed by atoms with Gasteiger partial charge >= 0.3 is 0 Å². The van der Waals surface area contributed by atoms with Crippen LogP contribution < -0.4 is 0 Å². The van der Waals surface area contributed by atoms with Crippen molar-refractivity contribution in [1.82, 2.24) is 0 Å². The Morgan fingerprint density at radius 2 is 1.75 bits per heavy atom. The maximum atomic E-state index is 2.50. The van der Waals surface area contributed by atoms with Crippen LogP contribution in [0.1, 0.15) is 7.43 Å². The second kappa shape index (κ2) is 9.22. The van der Waals surface area contributed by atoms with Crippen LogP contribution in [0.25, 0.3) is 0 Å². The van der Waals surface area contributed by atoms with Gasteiger partial charge in [-0.25, -0.2) is 0 Å². The highest BCUT2D eigenvalue weighted by Gasteiger charge is 1.32. The molecule has 0 aromatic rings. The van der Waals surface area contributed by atoms with Crippen LogP contribution in [0.3, 0.4) is 0 Å². The zero-order chi connectivity index (χ0) is 2.71. The first kappa shape index (κ1) is 8.84. The minimum absolute atomic E-state index is 0. The molecule has 0 aliphatic rings. The summed E-state index contributed by atoms with van der Waals surface area (Å²) < 4.78 is 0. The molecule has 0 aliphatic heterocycles. The highest BCUT2D eigenvalue weighted by Crippen LogP contribution is 1.99. The summed E-state index contributed by atoms with van der Waals surface area (Å²) >= 11 is 1.67. The summed E-state index contributed by atoms with van der Waals surface area (Å²) in [5.41, 5.74) is 0. The number of rotatable bonds is 0. The Kier molecular flexibility index (Phi) is 20.4. The van der Waals surface area contributed by atoms with Gasteiger partial charge in [0.15, 0.2) is 0 Å². The Morgan fingerprint density at radius 3 is 1.75 bits per heavy atom. The van der Waals surface area contributed by atoms with E-state index in [1.807, 2.05) is 6.26 Å². The summed E-state index contributed by atoms with van der Waals surface area (Å²) in [6.45, 7) is 0. The van der Waals surface area contributed by atoms with E-state index in [9.17, 15) is 0 Å². The molecule has 2 heteroatoms. The van der Waals surface area contributed by atoms with Gasteiger partial charge in [0.1, 0.15) is 0 Å². The molecule has 0 saturated heterocycles. The van der Waals surface area contributed by atoms with E-state index in [1.54, 1.807) is 11.4 Å². The maximum Gasteiger partial charge on any atom is -0.0147 e. The third kappa shape index (κ3) is 14.5. The van der Waals surface area contributed by atoms with Gasteiger partial charge in [0.2, 0.25) is 0 Å². The standard InChI is InChI=1S/CH5PS.CH4/c1-3-2;/h2H2,1H3;1H4. The van der Waals surface area contributed by atoms with Gasteiger partial charge in [0, 0.05) is 0 Å². The summed E-state index contributed by atoms with van der Waals surface area (Å²) in [7, 11) is 2.50. The molecule has 0 aliphatic carbocycles. The Morgan fingerprint density at radius 1 is 1.75 bits per heavy atom. The molecule has 0 spiro atoms. The molecule has 0 bridgehead atoms. The van der Waals surface area contributed by atoms with Crippen molar-refractivity contribution in [2.75, 3.05) is 6.26 Å². The third-order valence-electron chi connectivity index (χ3n) is 0. The van der Waals surface area contributed by atoms with Crippen LogP contribution in [0.5, 0.6) is 0 Å². The van der Waals surface area contributed by atoms with E-state index in [-0.39, 0.29) is 7.43 Å². The van der Waals surface area contributed by atoms with Crippen molar-refractivity contribution < 1.29 is 0 Å². The minimum atomic E-state index is 0. The molecule has 0 fully saturated rings. The van der Waals surface area contributed by atoms with Gasteiger partial charge in [-0.05, 0) is 6.26 Å². The Balaban J connectivity index is 0. The van der Waals surface area contributed by atoms with E-state index >= 15 is 0 Å². The summed E-state index contributed by atoms with van der Waals surface area (Å²) in [5.74, 6) is 0. The van der Waals surface area contributed by atoms with Crippen LogP contribution in [0.4, 0.5) is 0 Å². The van der Waals surface area contributed by atoms with Crippen molar-refractivity contribution in [3.05, 3.63) is 0 Å². The van der Waals surface area contributed by atoms with Crippen LogP contribution in [0.15, 0.2) is 0 Å². The summed E-state index contributed by atoms with van der Waals surface area (Å²) in [4.78, 5) is 0. The van der Waals surface area contributed by atoms with Crippen molar-refractivity contribution >= 4 is 19.8 Å². The first-order valence-electron chi connectivity index (χ1n) is 0.644. The van der Waals surface area contributed by atoms with Crippen LogP contribution in [0, 0.1) is 0 Å². The Labute approximate surface area is 34.3 Å². The Bertz CT molecular complexity index is 6.00. The lowest BCUT2D eigenvalue weighted by Crippen LogP contribution is -1.05. The largest absolute Gasteiger partial charge is 0.144 e. The molecule has 0 heterocycles. The summed E-state index contributed by atoms with van der Waals surface area (Å²) in [6.07, 6.45) is 2.00. The fraction of sp³-hybridized carbons (Fsp3) is 1.00.